The van der Waals surface area contributed by atoms with Crippen LogP contribution in [0.1, 0.15) is 271 Å². The minimum absolute atomic E-state index is 0.0669. The van der Waals surface area contributed by atoms with E-state index in [0.29, 0.717) is 19.3 Å². The second-order valence-electron chi connectivity index (χ2n) is 16.7. The van der Waals surface area contributed by atoms with Crippen molar-refractivity contribution < 1.29 is 28.6 Å². The molecule has 0 amide bonds. The third kappa shape index (κ3) is 43.3. The molecule has 0 aromatic heterocycles. The summed E-state index contributed by atoms with van der Waals surface area (Å²) in [4.78, 5) is 37.7. The average Bonchev–Trinajstić information content (AvgIpc) is 3.19. The Labute approximate surface area is 348 Å². The Hall–Kier alpha value is -1.85. The first-order valence-corrected chi connectivity index (χ1v) is 24.7. The summed E-state index contributed by atoms with van der Waals surface area (Å²) in [6, 6.07) is 0. The van der Waals surface area contributed by atoms with Crippen LogP contribution in [-0.2, 0) is 28.6 Å². The van der Waals surface area contributed by atoms with Crippen molar-refractivity contribution in [3.63, 3.8) is 0 Å². The summed E-state index contributed by atoms with van der Waals surface area (Å²) in [5.41, 5.74) is 0. The van der Waals surface area contributed by atoms with Crippen LogP contribution in [0.2, 0.25) is 0 Å². The number of carbonyl (C=O) groups is 3. The maximum Gasteiger partial charge on any atom is 0.306 e. The molecule has 0 heterocycles. The number of esters is 3. The fraction of sp³-hybridized carbons (Fsp3) is 0.900. The summed E-state index contributed by atoms with van der Waals surface area (Å²) in [6.07, 6.45) is 49.1. The molecule has 0 aromatic carbocycles. The molecule has 56 heavy (non-hydrogen) atoms. The molecule has 0 fully saturated rings. The lowest BCUT2D eigenvalue weighted by atomic mass is 10.1. The summed E-state index contributed by atoms with van der Waals surface area (Å²) in [5, 5.41) is 0. The molecule has 0 N–H and O–H groups in total. The third-order valence-corrected chi connectivity index (χ3v) is 11.0. The van der Waals surface area contributed by atoms with Gasteiger partial charge in [-0.05, 0) is 44.9 Å². The zero-order valence-electron chi connectivity index (χ0n) is 37.7. The summed E-state index contributed by atoms with van der Waals surface area (Å²) in [5.74, 6) is -0.863. The minimum Gasteiger partial charge on any atom is -0.462 e. The van der Waals surface area contributed by atoms with E-state index in [4.69, 9.17) is 14.2 Å². The van der Waals surface area contributed by atoms with Gasteiger partial charge < -0.3 is 14.2 Å². The van der Waals surface area contributed by atoms with Crippen molar-refractivity contribution in [3.05, 3.63) is 12.2 Å². The standard InChI is InChI=1S/C50H94O6/c1-4-7-10-13-16-19-21-22-23-24-25-26-27-29-31-34-37-40-43-49(52)55-46-47(45-54-48(51)42-39-36-33-30-18-15-12-9-6-3)56-50(53)44-41-38-35-32-28-20-17-14-11-8-5-2/h23-24,47H,4-22,25-46H2,1-3H3/b24-23-. The maximum absolute atomic E-state index is 12.7. The molecule has 0 bridgehead atoms. The highest BCUT2D eigenvalue weighted by molar-refractivity contribution is 5.71. The van der Waals surface area contributed by atoms with E-state index >= 15 is 0 Å². The maximum atomic E-state index is 12.7. The number of rotatable bonds is 45. The number of ether oxygens (including phenoxy) is 3. The quantitative estimate of drug-likeness (QED) is 0.0264. The van der Waals surface area contributed by atoms with Gasteiger partial charge in [0.1, 0.15) is 13.2 Å². The molecular formula is C50H94O6. The van der Waals surface area contributed by atoms with E-state index in [1.165, 1.54) is 173 Å². The third-order valence-electron chi connectivity index (χ3n) is 11.0. The molecule has 0 aromatic rings. The van der Waals surface area contributed by atoms with Crippen molar-refractivity contribution in [1.29, 1.82) is 0 Å². The topological polar surface area (TPSA) is 78.9 Å². The van der Waals surface area contributed by atoms with Gasteiger partial charge in [-0.1, -0.05) is 219 Å². The lowest BCUT2D eigenvalue weighted by Crippen LogP contribution is -2.30. The first-order valence-electron chi connectivity index (χ1n) is 24.7. The Bertz CT molecular complexity index is 870. The second kappa shape index (κ2) is 45.8. The van der Waals surface area contributed by atoms with E-state index in [1.807, 2.05) is 0 Å². The van der Waals surface area contributed by atoms with Crippen LogP contribution in [0.5, 0.6) is 0 Å². The fourth-order valence-corrected chi connectivity index (χ4v) is 7.26. The van der Waals surface area contributed by atoms with E-state index in [9.17, 15) is 14.4 Å². The van der Waals surface area contributed by atoms with Crippen molar-refractivity contribution in [2.45, 2.75) is 277 Å². The molecule has 1 unspecified atom stereocenters. The first kappa shape index (κ1) is 54.2. The molecule has 0 rings (SSSR count). The van der Waals surface area contributed by atoms with Gasteiger partial charge in [0.15, 0.2) is 6.10 Å². The Morgan fingerprint density at radius 2 is 0.589 bits per heavy atom. The van der Waals surface area contributed by atoms with E-state index in [0.717, 1.165) is 57.8 Å². The summed E-state index contributed by atoms with van der Waals surface area (Å²) >= 11 is 0. The van der Waals surface area contributed by atoms with Crippen LogP contribution in [0.3, 0.4) is 0 Å². The molecule has 0 saturated heterocycles. The summed E-state index contributed by atoms with van der Waals surface area (Å²) < 4.78 is 16.7. The Kier molecular flexibility index (Phi) is 44.3. The van der Waals surface area contributed by atoms with Crippen LogP contribution >= 0.6 is 0 Å². The van der Waals surface area contributed by atoms with Crippen LogP contribution in [0, 0.1) is 0 Å². The number of hydrogen-bond donors (Lipinski definition) is 0. The molecule has 0 aliphatic heterocycles. The molecular weight excluding hydrogens is 697 g/mol. The average molecular weight is 791 g/mol. The Balaban J connectivity index is 4.25. The van der Waals surface area contributed by atoms with Gasteiger partial charge in [-0.25, -0.2) is 0 Å². The smallest absolute Gasteiger partial charge is 0.306 e. The fourth-order valence-electron chi connectivity index (χ4n) is 7.26. The molecule has 6 heteroatoms. The van der Waals surface area contributed by atoms with Crippen molar-refractivity contribution in [3.8, 4) is 0 Å². The van der Waals surface area contributed by atoms with Crippen molar-refractivity contribution in [1.82, 2.24) is 0 Å². The van der Waals surface area contributed by atoms with E-state index in [2.05, 4.69) is 32.9 Å². The van der Waals surface area contributed by atoms with Crippen LogP contribution in [0.25, 0.3) is 0 Å². The van der Waals surface area contributed by atoms with Crippen molar-refractivity contribution >= 4 is 17.9 Å². The van der Waals surface area contributed by atoms with E-state index in [1.54, 1.807) is 0 Å². The molecule has 330 valence electrons. The normalized spacial score (nSPS) is 12.0. The van der Waals surface area contributed by atoms with Gasteiger partial charge in [0.25, 0.3) is 0 Å². The van der Waals surface area contributed by atoms with Crippen LogP contribution in [0.15, 0.2) is 12.2 Å². The molecule has 1 atom stereocenters. The Morgan fingerprint density at radius 3 is 0.893 bits per heavy atom. The van der Waals surface area contributed by atoms with Gasteiger partial charge in [0.2, 0.25) is 0 Å². The zero-order valence-corrected chi connectivity index (χ0v) is 37.7. The van der Waals surface area contributed by atoms with Gasteiger partial charge in [-0.3, -0.25) is 14.4 Å². The van der Waals surface area contributed by atoms with Gasteiger partial charge >= 0.3 is 17.9 Å². The highest BCUT2D eigenvalue weighted by Crippen LogP contribution is 2.15. The van der Waals surface area contributed by atoms with Crippen LogP contribution < -0.4 is 0 Å². The van der Waals surface area contributed by atoms with Crippen molar-refractivity contribution in [2.24, 2.45) is 0 Å². The number of carbonyl (C=O) groups excluding carboxylic acids is 3. The Morgan fingerprint density at radius 1 is 0.339 bits per heavy atom. The van der Waals surface area contributed by atoms with Crippen LogP contribution in [0.4, 0.5) is 0 Å². The number of allylic oxidation sites excluding steroid dienone is 2. The van der Waals surface area contributed by atoms with Gasteiger partial charge in [0.05, 0.1) is 0 Å². The lowest BCUT2D eigenvalue weighted by molar-refractivity contribution is -0.167. The monoisotopic (exact) mass is 791 g/mol. The SMILES string of the molecule is CCCCCCCCC/C=C\CCCCCCCCCC(=O)OCC(COC(=O)CCCCCCCCCCC)OC(=O)CCCCCCCCCCCCC. The number of hydrogen-bond acceptors (Lipinski definition) is 6. The second-order valence-corrected chi connectivity index (χ2v) is 16.7. The number of unbranched alkanes of at least 4 members (excludes halogenated alkanes) is 32. The largest absolute Gasteiger partial charge is 0.462 e. The lowest BCUT2D eigenvalue weighted by Gasteiger charge is -2.18. The summed E-state index contributed by atoms with van der Waals surface area (Å²) in [7, 11) is 0. The molecule has 0 radical (unpaired) electrons. The predicted molar refractivity (Wildman–Crippen MR) is 238 cm³/mol. The molecule has 6 nitrogen and oxygen atoms in total. The van der Waals surface area contributed by atoms with E-state index in [-0.39, 0.29) is 31.1 Å². The van der Waals surface area contributed by atoms with Crippen LogP contribution in [-0.4, -0.2) is 37.2 Å². The zero-order chi connectivity index (χ0) is 40.8. The van der Waals surface area contributed by atoms with Gasteiger partial charge in [-0.15, -0.1) is 0 Å². The molecule has 0 aliphatic carbocycles. The minimum atomic E-state index is -0.763. The predicted octanol–water partition coefficient (Wildman–Crippen LogP) is 15.8. The van der Waals surface area contributed by atoms with Gasteiger partial charge in [0, 0.05) is 19.3 Å². The van der Waals surface area contributed by atoms with Crippen molar-refractivity contribution in [2.75, 3.05) is 13.2 Å². The highest BCUT2D eigenvalue weighted by atomic mass is 16.6. The van der Waals surface area contributed by atoms with Gasteiger partial charge in [-0.2, -0.15) is 0 Å². The summed E-state index contributed by atoms with van der Waals surface area (Å²) in [6.45, 7) is 6.63. The van der Waals surface area contributed by atoms with E-state index < -0.39 is 6.10 Å². The highest BCUT2D eigenvalue weighted by Gasteiger charge is 2.19. The molecule has 0 saturated carbocycles. The molecule has 0 spiro atoms. The first-order chi connectivity index (χ1) is 27.5. The molecule has 0 aliphatic rings.